The molecule has 0 saturated carbocycles. The molecular formula is C15H13NOS2. The number of amides is 1. The minimum Gasteiger partial charge on any atom is -0.351 e. The van der Waals surface area contributed by atoms with Gasteiger partial charge in [0.25, 0.3) is 5.91 Å². The van der Waals surface area contributed by atoms with Crippen molar-refractivity contribution in [3.8, 4) is 0 Å². The third-order valence-electron chi connectivity index (χ3n) is 2.93. The van der Waals surface area contributed by atoms with Gasteiger partial charge in [-0.25, -0.2) is 0 Å². The summed E-state index contributed by atoms with van der Waals surface area (Å²) in [5.41, 5.74) is 1.28. The van der Waals surface area contributed by atoms with Crippen molar-refractivity contribution < 1.29 is 4.79 Å². The number of thiophene rings is 2. The van der Waals surface area contributed by atoms with Gasteiger partial charge in [-0.1, -0.05) is 18.2 Å². The van der Waals surface area contributed by atoms with Crippen LogP contribution in [0.15, 0.2) is 47.2 Å². The average molecular weight is 287 g/mol. The first-order valence-corrected chi connectivity index (χ1v) is 7.87. The smallest absolute Gasteiger partial charge is 0.261 e. The molecule has 19 heavy (non-hydrogen) atoms. The highest BCUT2D eigenvalue weighted by Crippen LogP contribution is 2.24. The quantitative estimate of drug-likeness (QED) is 0.774. The molecule has 0 saturated heterocycles. The summed E-state index contributed by atoms with van der Waals surface area (Å²) in [6, 6.07) is 12.1. The fourth-order valence-electron chi connectivity index (χ4n) is 1.94. The second-order valence-corrected chi connectivity index (χ2v) is 6.15. The zero-order valence-corrected chi connectivity index (χ0v) is 11.9. The van der Waals surface area contributed by atoms with Crippen molar-refractivity contribution in [1.82, 2.24) is 5.32 Å². The Bertz CT molecular complexity index is 652. The van der Waals surface area contributed by atoms with Crippen molar-refractivity contribution in [2.45, 2.75) is 6.42 Å². The van der Waals surface area contributed by atoms with Gasteiger partial charge in [-0.3, -0.25) is 4.79 Å². The molecule has 0 atom stereocenters. The summed E-state index contributed by atoms with van der Waals surface area (Å²) in [5, 5.41) is 8.28. The molecule has 0 aliphatic heterocycles. The Balaban J connectivity index is 1.63. The second kappa shape index (κ2) is 5.55. The van der Waals surface area contributed by atoms with Gasteiger partial charge in [0.2, 0.25) is 0 Å². The molecule has 1 aromatic carbocycles. The van der Waals surface area contributed by atoms with E-state index in [1.807, 2.05) is 30.3 Å². The van der Waals surface area contributed by atoms with Crippen LogP contribution in [0.3, 0.4) is 0 Å². The summed E-state index contributed by atoms with van der Waals surface area (Å²) in [7, 11) is 0. The predicted octanol–water partition coefficient (Wildman–Crippen LogP) is 3.94. The van der Waals surface area contributed by atoms with Gasteiger partial charge in [-0.2, -0.15) is 11.3 Å². The molecule has 0 bridgehead atoms. The summed E-state index contributed by atoms with van der Waals surface area (Å²) in [6.07, 6.45) is 0.889. The lowest BCUT2D eigenvalue weighted by molar-refractivity contribution is 0.0958. The van der Waals surface area contributed by atoms with E-state index in [2.05, 4.69) is 22.1 Å². The average Bonchev–Trinajstić information content (AvgIpc) is 3.07. The maximum absolute atomic E-state index is 12.0. The Labute approximate surface area is 119 Å². The van der Waals surface area contributed by atoms with Crippen LogP contribution in [0.25, 0.3) is 10.1 Å². The van der Waals surface area contributed by atoms with Crippen molar-refractivity contribution in [1.29, 1.82) is 0 Å². The van der Waals surface area contributed by atoms with Crippen LogP contribution < -0.4 is 5.32 Å². The van der Waals surface area contributed by atoms with Crippen LogP contribution >= 0.6 is 22.7 Å². The van der Waals surface area contributed by atoms with Gasteiger partial charge >= 0.3 is 0 Å². The van der Waals surface area contributed by atoms with E-state index in [1.165, 1.54) is 5.56 Å². The summed E-state index contributed by atoms with van der Waals surface area (Å²) >= 11 is 3.23. The van der Waals surface area contributed by atoms with Gasteiger partial charge in [0, 0.05) is 11.2 Å². The zero-order valence-electron chi connectivity index (χ0n) is 10.3. The van der Waals surface area contributed by atoms with Gasteiger partial charge in [0.15, 0.2) is 0 Å². The Morgan fingerprint density at radius 1 is 1.21 bits per heavy atom. The Hall–Kier alpha value is -1.65. The van der Waals surface area contributed by atoms with E-state index in [9.17, 15) is 4.79 Å². The number of hydrogen-bond donors (Lipinski definition) is 1. The molecule has 3 aromatic rings. The Morgan fingerprint density at radius 2 is 2.11 bits per heavy atom. The third kappa shape index (κ3) is 2.85. The van der Waals surface area contributed by atoms with Crippen LogP contribution in [0.4, 0.5) is 0 Å². The Morgan fingerprint density at radius 3 is 2.89 bits per heavy atom. The number of carbonyl (C=O) groups excluding carboxylic acids is 1. The summed E-state index contributed by atoms with van der Waals surface area (Å²) in [6.45, 7) is 0.684. The van der Waals surface area contributed by atoms with E-state index in [-0.39, 0.29) is 5.91 Å². The zero-order chi connectivity index (χ0) is 13.1. The molecule has 0 radical (unpaired) electrons. The molecule has 96 valence electrons. The van der Waals surface area contributed by atoms with Gasteiger partial charge in [-0.15, -0.1) is 11.3 Å². The molecule has 4 heteroatoms. The normalized spacial score (nSPS) is 10.7. The summed E-state index contributed by atoms with van der Waals surface area (Å²) in [5.74, 6) is 0.0245. The van der Waals surface area contributed by atoms with E-state index in [0.29, 0.717) is 6.54 Å². The van der Waals surface area contributed by atoms with Gasteiger partial charge < -0.3 is 5.32 Å². The summed E-state index contributed by atoms with van der Waals surface area (Å²) in [4.78, 5) is 12.8. The maximum Gasteiger partial charge on any atom is 0.261 e. The van der Waals surface area contributed by atoms with Crippen molar-refractivity contribution in [2.24, 2.45) is 0 Å². The largest absolute Gasteiger partial charge is 0.351 e. The van der Waals surface area contributed by atoms with Crippen molar-refractivity contribution in [2.75, 3.05) is 6.54 Å². The van der Waals surface area contributed by atoms with E-state index in [0.717, 1.165) is 21.4 Å². The molecule has 1 amide bonds. The molecule has 0 spiro atoms. The molecule has 3 rings (SSSR count). The monoisotopic (exact) mass is 287 g/mol. The molecular weight excluding hydrogens is 274 g/mol. The number of rotatable bonds is 4. The van der Waals surface area contributed by atoms with E-state index in [1.54, 1.807) is 22.7 Å². The number of fused-ring (bicyclic) bond motifs is 1. The second-order valence-electron chi connectivity index (χ2n) is 4.29. The lowest BCUT2D eigenvalue weighted by atomic mass is 10.2. The summed E-state index contributed by atoms with van der Waals surface area (Å²) < 4.78 is 1.16. The molecule has 0 unspecified atom stereocenters. The van der Waals surface area contributed by atoms with Crippen molar-refractivity contribution in [3.05, 3.63) is 57.6 Å². The highest BCUT2D eigenvalue weighted by atomic mass is 32.1. The number of hydrogen-bond acceptors (Lipinski definition) is 3. The fraction of sp³-hybridized carbons (Fsp3) is 0.133. The Kier molecular flexibility index (Phi) is 3.62. The van der Waals surface area contributed by atoms with Gasteiger partial charge in [0.05, 0.1) is 4.88 Å². The first-order valence-electron chi connectivity index (χ1n) is 6.11. The van der Waals surface area contributed by atoms with E-state index in [4.69, 9.17) is 0 Å². The number of carbonyl (C=O) groups is 1. The molecule has 2 nitrogen and oxygen atoms in total. The highest BCUT2D eigenvalue weighted by Gasteiger charge is 2.09. The number of nitrogens with one attached hydrogen (secondary N) is 1. The van der Waals surface area contributed by atoms with Crippen molar-refractivity contribution >= 4 is 38.7 Å². The van der Waals surface area contributed by atoms with Crippen molar-refractivity contribution in [3.63, 3.8) is 0 Å². The first-order chi connectivity index (χ1) is 9.33. The van der Waals surface area contributed by atoms with Gasteiger partial charge in [0.1, 0.15) is 0 Å². The molecule has 0 fully saturated rings. The molecule has 0 aliphatic rings. The minimum atomic E-state index is 0.0245. The third-order valence-corrected chi connectivity index (χ3v) is 4.78. The fourth-order valence-corrected chi connectivity index (χ4v) is 3.62. The molecule has 2 heterocycles. The first kappa shape index (κ1) is 12.4. The maximum atomic E-state index is 12.0. The van der Waals surface area contributed by atoms with Crippen LogP contribution in [-0.4, -0.2) is 12.5 Å². The SMILES string of the molecule is O=C(NCCc1ccsc1)c1cc2ccccc2s1. The van der Waals surface area contributed by atoms with Crippen LogP contribution in [0.1, 0.15) is 15.2 Å². The van der Waals surface area contributed by atoms with Crippen LogP contribution in [0.5, 0.6) is 0 Å². The number of benzene rings is 1. The van der Waals surface area contributed by atoms with Crippen LogP contribution in [0.2, 0.25) is 0 Å². The molecule has 2 aromatic heterocycles. The lowest BCUT2D eigenvalue weighted by Gasteiger charge is -2.01. The molecule has 0 aliphatic carbocycles. The highest BCUT2D eigenvalue weighted by molar-refractivity contribution is 7.20. The topological polar surface area (TPSA) is 29.1 Å². The van der Waals surface area contributed by atoms with E-state index >= 15 is 0 Å². The lowest BCUT2D eigenvalue weighted by Crippen LogP contribution is -2.24. The van der Waals surface area contributed by atoms with E-state index < -0.39 is 0 Å². The van der Waals surface area contributed by atoms with Crippen LogP contribution in [-0.2, 0) is 6.42 Å². The van der Waals surface area contributed by atoms with Crippen LogP contribution in [0, 0.1) is 0 Å². The predicted molar refractivity (Wildman–Crippen MR) is 82.2 cm³/mol. The molecule has 1 N–H and O–H groups in total. The standard InChI is InChI=1S/C15H13NOS2/c17-15(16-7-5-11-6-8-18-10-11)14-9-12-3-1-2-4-13(12)19-14/h1-4,6,8-10H,5,7H2,(H,16,17). The minimum absolute atomic E-state index is 0.0245. The van der Waals surface area contributed by atoms with Gasteiger partial charge in [-0.05, 0) is 46.3 Å².